The zero-order valence-corrected chi connectivity index (χ0v) is 29.5. The first-order valence-electron chi connectivity index (χ1n) is 16.6. The number of fused-ring (bicyclic) bond motifs is 2. The van der Waals surface area contributed by atoms with Crippen molar-refractivity contribution in [3.63, 3.8) is 0 Å². The number of imidazole rings is 1. The highest BCUT2D eigenvalue weighted by Crippen LogP contribution is 2.46. The Labute approximate surface area is 297 Å². The van der Waals surface area contributed by atoms with Gasteiger partial charge in [-0.25, -0.2) is 18.7 Å². The van der Waals surface area contributed by atoms with Crippen molar-refractivity contribution in [1.29, 1.82) is 0 Å². The number of hydrogen-bond donors (Lipinski definition) is 1. The number of aromatic nitrogens is 3. The largest absolute Gasteiger partial charge is 0.492 e. The maximum atomic E-state index is 16.3. The van der Waals surface area contributed by atoms with E-state index in [1.165, 1.54) is 17.4 Å². The summed E-state index contributed by atoms with van der Waals surface area (Å²) in [6, 6.07) is 9.09. The van der Waals surface area contributed by atoms with Crippen LogP contribution in [0.1, 0.15) is 26.0 Å². The topological polar surface area (TPSA) is 119 Å². The van der Waals surface area contributed by atoms with E-state index in [0.717, 1.165) is 34.1 Å². The molecular weight excluding hydrogens is 673 g/mol. The molecule has 3 atom stereocenters. The molecule has 2 aromatic carbocycles. The summed E-state index contributed by atoms with van der Waals surface area (Å²) in [7, 11) is 3.64. The maximum absolute atomic E-state index is 16.3. The molecule has 5 aromatic rings. The van der Waals surface area contributed by atoms with Gasteiger partial charge in [0, 0.05) is 72.9 Å². The maximum Gasteiger partial charge on any atom is 0.246 e. The number of hydrogen-bond acceptors (Lipinski definition) is 8. The van der Waals surface area contributed by atoms with Gasteiger partial charge in [-0.1, -0.05) is 12.6 Å². The number of rotatable bonds is 8. The van der Waals surface area contributed by atoms with Crippen molar-refractivity contribution in [2.45, 2.75) is 32.4 Å². The summed E-state index contributed by atoms with van der Waals surface area (Å²) in [6.45, 7) is 8.38. The molecule has 1 fully saturated rings. The predicted molar refractivity (Wildman–Crippen MR) is 196 cm³/mol. The molecule has 7 rings (SSSR count). The van der Waals surface area contributed by atoms with Crippen LogP contribution in [0, 0.1) is 17.6 Å². The summed E-state index contributed by atoms with van der Waals surface area (Å²) in [5.74, 6) is -2.08. The van der Waals surface area contributed by atoms with E-state index >= 15 is 4.39 Å². The molecule has 3 aromatic heterocycles. The van der Waals surface area contributed by atoms with Crippen molar-refractivity contribution in [1.82, 2.24) is 24.3 Å². The average Bonchev–Trinajstić information content (AvgIpc) is 3.82. The highest BCUT2D eigenvalue weighted by atomic mass is 32.1. The molecule has 10 nitrogen and oxygen atoms in total. The molecule has 5 heterocycles. The van der Waals surface area contributed by atoms with Gasteiger partial charge in [0.2, 0.25) is 11.8 Å². The molecule has 0 unspecified atom stereocenters. The Morgan fingerprint density at radius 1 is 1.14 bits per heavy atom. The number of aliphatic imine (C=N–C) groups is 1. The number of amides is 2. The van der Waals surface area contributed by atoms with Crippen LogP contribution in [0.5, 0.6) is 5.75 Å². The molecule has 2 aliphatic rings. The predicted octanol–water partition coefficient (Wildman–Crippen LogP) is 6.20. The molecule has 2 amide bonds. The zero-order valence-electron chi connectivity index (χ0n) is 28.7. The van der Waals surface area contributed by atoms with Gasteiger partial charge in [-0.2, -0.15) is 0 Å². The van der Waals surface area contributed by atoms with Crippen LogP contribution in [-0.2, 0) is 16.6 Å². The Bertz CT molecular complexity index is 2290. The number of aryl methyl sites for hydroxylation is 1. The van der Waals surface area contributed by atoms with Crippen molar-refractivity contribution >= 4 is 55.7 Å². The Balaban J connectivity index is 1.44. The second-order valence-corrected chi connectivity index (χ2v) is 14.1. The smallest absolute Gasteiger partial charge is 0.246 e. The van der Waals surface area contributed by atoms with Crippen molar-refractivity contribution in [2.24, 2.45) is 23.7 Å². The fourth-order valence-electron chi connectivity index (χ4n) is 6.94. The molecule has 0 aliphatic carbocycles. The molecular formula is C38H37F2N7O3S. The zero-order chi connectivity index (χ0) is 36.1. The first kappa shape index (κ1) is 34.0. The van der Waals surface area contributed by atoms with Crippen LogP contribution >= 0.6 is 11.3 Å². The van der Waals surface area contributed by atoms with E-state index in [1.54, 1.807) is 29.3 Å². The van der Waals surface area contributed by atoms with Crippen molar-refractivity contribution in [2.75, 3.05) is 26.7 Å². The van der Waals surface area contributed by atoms with Crippen LogP contribution in [0.15, 0.2) is 71.8 Å². The molecule has 0 bridgehead atoms. The second-order valence-electron chi connectivity index (χ2n) is 13.2. The van der Waals surface area contributed by atoms with E-state index in [4.69, 9.17) is 20.4 Å². The SMILES string of the molecule is C=CC(=O)N1C[C@H](C)N=C(/C=C(\N)c2nc(-c3ccc4c(c3)ncn4C)c3ccsc3c2-c2c(F)cc(F)cc2OC[C@H]2CC(=O)N(C)C2)[C@H]1C. The van der Waals surface area contributed by atoms with E-state index in [1.807, 2.05) is 55.1 Å². The molecule has 0 radical (unpaired) electrons. The van der Waals surface area contributed by atoms with Crippen LogP contribution in [-0.4, -0.2) is 80.7 Å². The number of carbonyl (C=O) groups is 2. The van der Waals surface area contributed by atoms with E-state index in [2.05, 4.69) is 11.6 Å². The molecule has 262 valence electrons. The summed E-state index contributed by atoms with van der Waals surface area (Å²) in [4.78, 5) is 42.7. The molecule has 13 heteroatoms. The number of ether oxygens (including phenoxy) is 1. The lowest BCUT2D eigenvalue weighted by molar-refractivity contribution is -0.127. The summed E-state index contributed by atoms with van der Waals surface area (Å²) in [6.07, 6.45) is 4.96. The van der Waals surface area contributed by atoms with Gasteiger partial charge in [0.1, 0.15) is 17.4 Å². The summed E-state index contributed by atoms with van der Waals surface area (Å²) in [5, 5.41) is 2.62. The standard InChI is InChI=1S/C38H37F2N7O3S/c1-6-32(48)47-16-20(2)43-28(21(47)3)15-27(41)37-35(34-26(40)13-24(39)14-31(34)50-18-22-11-33(49)45(4)17-22)38-25(9-10-51-38)36(44-37)23-7-8-30-29(12-23)42-19-46(30)5/h6-10,12-15,19-22H,1,11,16-18,41H2,2-5H3/b27-15-/t20-,21+,22-/m0/s1. The molecule has 2 aliphatic heterocycles. The summed E-state index contributed by atoms with van der Waals surface area (Å²) >= 11 is 1.37. The summed E-state index contributed by atoms with van der Waals surface area (Å²) < 4.78 is 39.9. The quantitative estimate of drug-likeness (QED) is 0.192. The van der Waals surface area contributed by atoms with E-state index in [-0.39, 0.29) is 59.5 Å². The number of carbonyl (C=O) groups excluding carboxylic acids is 2. The normalized spacial score (nSPS) is 19.6. The Kier molecular flexibility index (Phi) is 8.92. The van der Waals surface area contributed by atoms with Gasteiger partial charge >= 0.3 is 0 Å². The van der Waals surface area contributed by atoms with E-state index in [9.17, 15) is 14.0 Å². The average molecular weight is 710 g/mol. The number of thiophene rings is 1. The van der Waals surface area contributed by atoms with Gasteiger partial charge in [0.25, 0.3) is 0 Å². The monoisotopic (exact) mass is 709 g/mol. The van der Waals surface area contributed by atoms with Crippen LogP contribution in [0.3, 0.4) is 0 Å². The van der Waals surface area contributed by atoms with Crippen molar-refractivity contribution in [3.05, 3.63) is 84.2 Å². The Morgan fingerprint density at radius 3 is 2.69 bits per heavy atom. The van der Waals surface area contributed by atoms with Crippen LogP contribution in [0.2, 0.25) is 0 Å². The second kappa shape index (κ2) is 13.4. The lowest BCUT2D eigenvalue weighted by Crippen LogP contribution is -2.49. The fraction of sp³-hybridized carbons (Fsp3) is 0.289. The molecule has 0 spiro atoms. The van der Waals surface area contributed by atoms with Gasteiger partial charge in [-0.3, -0.25) is 14.6 Å². The third-order valence-electron chi connectivity index (χ3n) is 9.53. The number of pyridine rings is 1. The third-order valence-corrected chi connectivity index (χ3v) is 10.5. The Morgan fingerprint density at radius 2 is 1.94 bits per heavy atom. The minimum Gasteiger partial charge on any atom is -0.492 e. The van der Waals surface area contributed by atoms with Gasteiger partial charge in [0.15, 0.2) is 0 Å². The van der Waals surface area contributed by atoms with E-state index < -0.39 is 17.7 Å². The van der Waals surface area contributed by atoms with Crippen molar-refractivity contribution in [3.8, 4) is 28.1 Å². The number of benzene rings is 2. The van der Waals surface area contributed by atoms with Gasteiger partial charge in [-0.15, -0.1) is 11.3 Å². The molecule has 51 heavy (non-hydrogen) atoms. The van der Waals surface area contributed by atoms with Gasteiger partial charge in [0.05, 0.1) is 64.4 Å². The lowest BCUT2D eigenvalue weighted by atomic mass is 9.95. The summed E-state index contributed by atoms with van der Waals surface area (Å²) in [5.41, 5.74) is 11.3. The molecule has 0 saturated carbocycles. The van der Waals surface area contributed by atoms with E-state index in [0.29, 0.717) is 34.8 Å². The van der Waals surface area contributed by atoms with Crippen molar-refractivity contribution < 1.29 is 23.1 Å². The number of halogens is 2. The Hall–Kier alpha value is -5.43. The number of nitrogens with zero attached hydrogens (tertiary/aromatic N) is 6. The first-order chi connectivity index (χ1) is 24.4. The lowest BCUT2D eigenvalue weighted by Gasteiger charge is -2.34. The number of likely N-dealkylation sites (tertiary alicyclic amines) is 1. The van der Waals surface area contributed by atoms with Gasteiger partial charge in [-0.05, 0) is 49.6 Å². The molecule has 2 N–H and O–H groups in total. The fourth-order valence-corrected chi connectivity index (χ4v) is 7.89. The van der Waals surface area contributed by atoms with Crippen LogP contribution < -0.4 is 10.5 Å². The highest BCUT2D eigenvalue weighted by molar-refractivity contribution is 7.18. The minimum atomic E-state index is -0.849. The van der Waals surface area contributed by atoms with Crippen LogP contribution in [0.4, 0.5) is 8.78 Å². The third kappa shape index (κ3) is 6.26. The van der Waals surface area contributed by atoms with Crippen LogP contribution in [0.25, 0.3) is 49.2 Å². The highest BCUT2D eigenvalue weighted by Gasteiger charge is 2.31. The van der Waals surface area contributed by atoms with Gasteiger partial charge < -0.3 is 24.8 Å². The number of nitrogens with two attached hydrogens (primary N) is 1. The minimum absolute atomic E-state index is 0.00238. The molecule has 1 saturated heterocycles. The first-order valence-corrected chi connectivity index (χ1v) is 17.5.